The van der Waals surface area contributed by atoms with Crippen LogP contribution in [-0.4, -0.2) is 53.7 Å². The van der Waals surface area contributed by atoms with E-state index in [-0.39, 0.29) is 37.0 Å². The molecule has 29 heavy (non-hydrogen) atoms. The second kappa shape index (κ2) is 9.77. The number of benzene rings is 1. The summed E-state index contributed by atoms with van der Waals surface area (Å²) in [6.07, 6.45) is 6.80. The summed E-state index contributed by atoms with van der Waals surface area (Å²) in [6.45, 7) is 6.50. The second-order valence-electron chi connectivity index (χ2n) is 8.29. The highest BCUT2D eigenvalue weighted by molar-refractivity contribution is 5.90. The third-order valence-corrected chi connectivity index (χ3v) is 5.07. The van der Waals surface area contributed by atoms with Gasteiger partial charge in [0.2, 0.25) is 11.8 Å². The molecule has 1 saturated heterocycles. The summed E-state index contributed by atoms with van der Waals surface area (Å²) in [5, 5.41) is 11.9. The maximum absolute atomic E-state index is 12.8. The first-order valence-corrected chi connectivity index (χ1v) is 9.86. The fourth-order valence-electron chi connectivity index (χ4n) is 3.23. The quantitative estimate of drug-likeness (QED) is 0.592. The summed E-state index contributed by atoms with van der Waals surface area (Å²) in [6, 6.07) is 4.06. The highest BCUT2D eigenvalue weighted by Crippen LogP contribution is 2.25. The van der Waals surface area contributed by atoms with Crippen molar-refractivity contribution in [1.29, 1.82) is 0 Å². The van der Waals surface area contributed by atoms with E-state index in [2.05, 4.69) is 11.2 Å². The third kappa shape index (κ3) is 5.72. The summed E-state index contributed by atoms with van der Waals surface area (Å²) >= 11 is 0. The lowest BCUT2D eigenvalue weighted by Gasteiger charge is -2.32. The molecule has 0 aliphatic carbocycles. The van der Waals surface area contributed by atoms with E-state index < -0.39 is 12.1 Å². The van der Waals surface area contributed by atoms with Gasteiger partial charge in [-0.3, -0.25) is 9.59 Å². The first kappa shape index (κ1) is 22.7. The maximum Gasteiger partial charge on any atom is 0.243 e. The topological polar surface area (TPSA) is 105 Å². The number of hydrogen-bond donors (Lipinski definition) is 3. The van der Waals surface area contributed by atoms with Gasteiger partial charge in [-0.15, -0.1) is 6.42 Å². The van der Waals surface area contributed by atoms with Gasteiger partial charge in [0.25, 0.3) is 0 Å². The Morgan fingerprint density at radius 1 is 1.45 bits per heavy atom. The van der Waals surface area contributed by atoms with Gasteiger partial charge < -0.3 is 25.8 Å². The molecule has 1 fully saturated rings. The molecule has 4 N–H and O–H groups in total. The van der Waals surface area contributed by atoms with Crippen molar-refractivity contribution in [2.24, 2.45) is 11.1 Å². The molecule has 7 nitrogen and oxygen atoms in total. The molecule has 7 heteroatoms. The number of carbonyl (C=O) groups excluding carboxylic acids is 2. The number of aliphatic hydroxyl groups excluding tert-OH is 1. The molecule has 0 aromatic heterocycles. The zero-order chi connectivity index (χ0) is 21.6. The molecule has 1 aromatic carbocycles. The monoisotopic (exact) mass is 401 g/mol. The van der Waals surface area contributed by atoms with E-state index in [1.165, 1.54) is 0 Å². The standard InChI is InChI=1S/C22H31N3O4/c1-5-15-8-9-16(18(13-15)29-12-11-26)14-24-20(27)17-7-6-10-25(17)21(28)19(23)22(2,3)4/h1,8-9,13,17,19,26H,6-7,10-12,14,23H2,2-4H3,(H,24,27). The number of aliphatic hydroxyl groups is 1. The second-order valence-corrected chi connectivity index (χ2v) is 8.29. The first-order chi connectivity index (χ1) is 13.7. The number of hydrogen-bond acceptors (Lipinski definition) is 5. The molecule has 1 heterocycles. The van der Waals surface area contributed by atoms with Crippen LogP contribution in [0.5, 0.6) is 5.75 Å². The Bertz CT molecular complexity index is 779. The number of amides is 2. The van der Waals surface area contributed by atoms with Crippen LogP contribution in [0.2, 0.25) is 0 Å². The minimum absolute atomic E-state index is 0.126. The molecular weight excluding hydrogens is 370 g/mol. The molecule has 2 unspecified atom stereocenters. The van der Waals surface area contributed by atoms with Gasteiger partial charge in [-0.2, -0.15) is 0 Å². The lowest BCUT2D eigenvalue weighted by atomic mass is 9.86. The van der Waals surface area contributed by atoms with Gasteiger partial charge in [-0.1, -0.05) is 32.8 Å². The number of carbonyl (C=O) groups is 2. The summed E-state index contributed by atoms with van der Waals surface area (Å²) in [7, 11) is 0. The number of nitrogens with two attached hydrogens (primary N) is 1. The van der Waals surface area contributed by atoms with E-state index in [1.807, 2.05) is 20.8 Å². The van der Waals surface area contributed by atoms with Crippen LogP contribution in [0.15, 0.2) is 18.2 Å². The summed E-state index contributed by atoms with van der Waals surface area (Å²) in [5.74, 6) is 2.64. The molecule has 1 aliphatic rings. The van der Waals surface area contributed by atoms with Crippen molar-refractivity contribution in [2.75, 3.05) is 19.8 Å². The van der Waals surface area contributed by atoms with E-state index in [9.17, 15) is 9.59 Å². The van der Waals surface area contributed by atoms with Crippen LogP contribution in [0.25, 0.3) is 0 Å². The Labute approximate surface area is 172 Å². The van der Waals surface area contributed by atoms with E-state index in [1.54, 1.807) is 23.1 Å². The molecule has 2 atom stereocenters. The molecule has 1 aromatic rings. The molecule has 0 saturated carbocycles. The van der Waals surface area contributed by atoms with Gasteiger partial charge in [0.1, 0.15) is 18.4 Å². The third-order valence-electron chi connectivity index (χ3n) is 5.07. The molecule has 0 bridgehead atoms. The zero-order valence-electron chi connectivity index (χ0n) is 17.4. The number of terminal acetylenes is 1. The van der Waals surface area contributed by atoms with Crippen molar-refractivity contribution < 1.29 is 19.4 Å². The zero-order valence-corrected chi connectivity index (χ0v) is 17.4. The molecular formula is C22H31N3O4. The van der Waals surface area contributed by atoms with Gasteiger partial charge in [0.15, 0.2) is 0 Å². The minimum atomic E-state index is -0.661. The fraction of sp³-hybridized carbons (Fsp3) is 0.545. The molecule has 1 aliphatic heterocycles. The maximum atomic E-state index is 12.8. The lowest BCUT2D eigenvalue weighted by Crippen LogP contribution is -2.54. The van der Waals surface area contributed by atoms with Gasteiger partial charge in [-0.25, -0.2) is 0 Å². The summed E-state index contributed by atoms with van der Waals surface area (Å²) in [4.78, 5) is 27.2. The predicted molar refractivity (Wildman–Crippen MR) is 111 cm³/mol. The number of ether oxygens (including phenoxy) is 1. The average Bonchev–Trinajstić information content (AvgIpc) is 3.18. The molecule has 158 valence electrons. The Kier molecular flexibility index (Phi) is 7.66. The van der Waals surface area contributed by atoms with Crippen LogP contribution >= 0.6 is 0 Å². The Morgan fingerprint density at radius 2 is 2.17 bits per heavy atom. The van der Waals surface area contributed by atoms with E-state index in [0.717, 1.165) is 12.0 Å². The van der Waals surface area contributed by atoms with Crippen LogP contribution in [0.4, 0.5) is 0 Å². The van der Waals surface area contributed by atoms with Crippen molar-refractivity contribution in [1.82, 2.24) is 10.2 Å². The number of rotatable bonds is 7. The Morgan fingerprint density at radius 3 is 2.79 bits per heavy atom. The normalized spacial score (nSPS) is 17.5. The van der Waals surface area contributed by atoms with Gasteiger partial charge >= 0.3 is 0 Å². The van der Waals surface area contributed by atoms with Crippen molar-refractivity contribution in [3.05, 3.63) is 29.3 Å². The van der Waals surface area contributed by atoms with Crippen molar-refractivity contribution in [2.45, 2.75) is 52.2 Å². The fourth-order valence-corrected chi connectivity index (χ4v) is 3.23. The van der Waals surface area contributed by atoms with Crippen molar-refractivity contribution in [3.8, 4) is 18.1 Å². The van der Waals surface area contributed by atoms with Gasteiger partial charge in [0, 0.05) is 24.2 Å². The summed E-state index contributed by atoms with van der Waals surface area (Å²) in [5.41, 5.74) is 7.14. The number of nitrogens with zero attached hydrogens (tertiary/aromatic N) is 1. The summed E-state index contributed by atoms with van der Waals surface area (Å²) < 4.78 is 5.54. The van der Waals surface area contributed by atoms with Crippen LogP contribution in [0, 0.1) is 17.8 Å². The predicted octanol–water partition coefficient (Wildman–Crippen LogP) is 1.02. The smallest absolute Gasteiger partial charge is 0.243 e. The first-order valence-electron chi connectivity index (χ1n) is 9.86. The average molecular weight is 402 g/mol. The number of likely N-dealkylation sites (tertiary alicyclic amines) is 1. The van der Waals surface area contributed by atoms with Crippen LogP contribution < -0.4 is 15.8 Å². The lowest BCUT2D eigenvalue weighted by molar-refractivity contribution is -0.141. The highest BCUT2D eigenvalue weighted by Gasteiger charge is 2.39. The van der Waals surface area contributed by atoms with Gasteiger partial charge in [-0.05, 0) is 30.4 Å². The van der Waals surface area contributed by atoms with E-state index >= 15 is 0 Å². The van der Waals surface area contributed by atoms with Crippen molar-refractivity contribution >= 4 is 11.8 Å². The molecule has 2 rings (SSSR count). The Balaban J connectivity index is 2.06. The molecule has 0 radical (unpaired) electrons. The van der Waals surface area contributed by atoms with Crippen LogP contribution in [0.1, 0.15) is 44.7 Å². The van der Waals surface area contributed by atoms with E-state index in [4.69, 9.17) is 22.0 Å². The molecule has 2 amide bonds. The highest BCUT2D eigenvalue weighted by atomic mass is 16.5. The largest absolute Gasteiger partial charge is 0.491 e. The number of nitrogens with one attached hydrogen (secondary N) is 1. The van der Waals surface area contributed by atoms with Crippen molar-refractivity contribution in [3.63, 3.8) is 0 Å². The van der Waals surface area contributed by atoms with Crippen LogP contribution in [0.3, 0.4) is 0 Å². The van der Waals surface area contributed by atoms with E-state index in [0.29, 0.717) is 24.3 Å². The molecule has 0 spiro atoms. The van der Waals surface area contributed by atoms with Gasteiger partial charge in [0.05, 0.1) is 12.6 Å². The minimum Gasteiger partial charge on any atom is -0.491 e. The SMILES string of the molecule is C#Cc1ccc(CNC(=O)C2CCCN2C(=O)C(N)C(C)(C)C)c(OCCO)c1. The Hall–Kier alpha value is -2.56. The van der Waals surface area contributed by atoms with Crippen LogP contribution in [-0.2, 0) is 16.1 Å².